The molecule has 0 saturated carbocycles. The molecule has 0 aromatic heterocycles. The van der Waals surface area contributed by atoms with Gasteiger partial charge < -0.3 is 15.4 Å². The number of hydrogen-bond acceptors (Lipinski definition) is 3. The number of benzene rings is 1. The summed E-state index contributed by atoms with van der Waals surface area (Å²) >= 11 is 6.08. The molecule has 2 aliphatic heterocycles. The molecule has 0 unspecified atom stereocenters. The Bertz CT molecular complexity index is 601. The molecule has 0 radical (unpaired) electrons. The molecular weight excluding hydrogens is 475 g/mol. The maximum Gasteiger partial charge on any atom is 0.191 e. The fourth-order valence-electron chi connectivity index (χ4n) is 3.94. The van der Waals surface area contributed by atoms with E-state index >= 15 is 0 Å². The number of halogens is 2. The van der Waals surface area contributed by atoms with Gasteiger partial charge in [-0.3, -0.25) is 4.90 Å². The molecule has 2 aliphatic rings. The van der Waals surface area contributed by atoms with Crippen LogP contribution >= 0.6 is 35.6 Å². The highest BCUT2D eigenvalue weighted by molar-refractivity contribution is 14.0. The molecule has 1 aromatic rings. The van der Waals surface area contributed by atoms with Crippen LogP contribution in [0.15, 0.2) is 29.3 Å². The van der Waals surface area contributed by atoms with E-state index in [-0.39, 0.29) is 29.5 Å². The monoisotopic (exact) mass is 506 g/mol. The topological polar surface area (TPSA) is 48.9 Å². The average molecular weight is 507 g/mol. The van der Waals surface area contributed by atoms with Crippen molar-refractivity contribution in [1.82, 2.24) is 15.5 Å². The van der Waals surface area contributed by atoms with E-state index in [0.717, 1.165) is 55.7 Å². The van der Waals surface area contributed by atoms with Gasteiger partial charge >= 0.3 is 0 Å². The van der Waals surface area contributed by atoms with Crippen LogP contribution in [-0.2, 0) is 11.3 Å². The molecule has 0 bridgehead atoms. The largest absolute Gasteiger partial charge is 0.381 e. The van der Waals surface area contributed by atoms with Crippen molar-refractivity contribution < 1.29 is 4.74 Å². The van der Waals surface area contributed by atoms with E-state index < -0.39 is 0 Å². The molecule has 152 valence electrons. The minimum absolute atomic E-state index is 0. The predicted molar refractivity (Wildman–Crippen MR) is 123 cm³/mol. The van der Waals surface area contributed by atoms with Gasteiger partial charge in [0.15, 0.2) is 5.96 Å². The van der Waals surface area contributed by atoms with Gasteiger partial charge in [-0.15, -0.1) is 24.0 Å². The summed E-state index contributed by atoms with van der Waals surface area (Å²) in [7, 11) is 0. The van der Waals surface area contributed by atoms with E-state index in [4.69, 9.17) is 21.3 Å². The maximum atomic E-state index is 6.08. The summed E-state index contributed by atoms with van der Waals surface area (Å²) in [6.07, 6.45) is 4.80. The Morgan fingerprint density at radius 1 is 1.22 bits per heavy atom. The minimum atomic E-state index is 0. The molecular formula is C20H32ClIN4O. The Labute approximate surface area is 185 Å². The number of aliphatic imine (C=N–C) groups is 1. The van der Waals surface area contributed by atoms with E-state index in [2.05, 4.69) is 28.5 Å². The molecule has 7 heteroatoms. The standard InChI is InChI=1S/C20H31ClN4O.HI/c1-2-22-19(23-15-17-6-5-7-18(21)14-17)24-16-20(8-12-26-13-9-20)25-10-3-4-11-25;/h5-7,14H,2-4,8-13,15-16H2,1H3,(H2,22,23,24);1H. The van der Waals surface area contributed by atoms with Gasteiger partial charge in [0.05, 0.1) is 6.54 Å². The predicted octanol–water partition coefficient (Wildman–Crippen LogP) is 3.66. The number of likely N-dealkylation sites (tertiary alicyclic amines) is 1. The van der Waals surface area contributed by atoms with E-state index in [1.807, 2.05) is 18.2 Å². The second-order valence-corrected chi connectivity index (χ2v) is 7.65. The zero-order chi connectivity index (χ0) is 18.2. The Kier molecular flexibility index (Phi) is 9.62. The zero-order valence-corrected chi connectivity index (χ0v) is 19.3. The molecule has 2 N–H and O–H groups in total. The average Bonchev–Trinajstić information content (AvgIpc) is 3.20. The van der Waals surface area contributed by atoms with Crippen LogP contribution < -0.4 is 10.6 Å². The third-order valence-electron chi connectivity index (χ3n) is 5.44. The van der Waals surface area contributed by atoms with Gasteiger partial charge in [0, 0.05) is 36.9 Å². The smallest absolute Gasteiger partial charge is 0.191 e. The van der Waals surface area contributed by atoms with Crippen LogP contribution in [0.25, 0.3) is 0 Å². The van der Waals surface area contributed by atoms with Crippen molar-refractivity contribution in [3.05, 3.63) is 34.9 Å². The highest BCUT2D eigenvalue weighted by atomic mass is 127. The van der Waals surface area contributed by atoms with Crippen molar-refractivity contribution >= 4 is 41.5 Å². The molecule has 0 amide bonds. The highest BCUT2D eigenvalue weighted by Gasteiger charge is 2.39. The third kappa shape index (κ3) is 6.48. The second kappa shape index (κ2) is 11.4. The van der Waals surface area contributed by atoms with Gasteiger partial charge in [-0.25, -0.2) is 4.99 Å². The van der Waals surface area contributed by atoms with Crippen LogP contribution in [0.1, 0.15) is 38.2 Å². The maximum absolute atomic E-state index is 6.08. The SMILES string of the molecule is CCNC(=NCc1cccc(Cl)c1)NCC1(N2CCCC2)CCOCC1.I. The number of ether oxygens (including phenoxy) is 1. The highest BCUT2D eigenvalue weighted by Crippen LogP contribution is 2.30. The minimum Gasteiger partial charge on any atom is -0.381 e. The lowest BCUT2D eigenvalue weighted by Crippen LogP contribution is -2.58. The molecule has 27 heavy (non-hydrogen) atoms. The number of rotatable bonds is 6. The van der Waals surface area contributed by atoms with Crippen LogP contribution in [0.4, 0.5) is 0 Å². The number of nitrogens with one attached hydrogen (secondary N) is 2. The number of hydrogen-bond donors (Lipinski definition) is 2. The summed E-state index contributed by atoms with van der Waals surface area (Å²) in [6.45, 7) is 8.61. The van der Waals surface area contributed by atoms with Crippen molar-refractivity contribution in [2.24, 2.45) is 4.99 Å². The lowest BCUT2D eigenvalue weighted by molar-refractivity contribution is -0.0164. The normalized spacial score (nSPS) is 20.1. The molecule has 2 saturated heterocycles. The Hall–Kier alpha value is -0.570. The first kappa shape index (κ1) is 22.7. The molecule has 2 heterocycles. The Balaban J connectivity index is 0.00000261. The van der Waals surface area contributed by atoms with E-state index in [1.165, 1.54) is 25.9 Å². The van der Waals surface area contributed by atoms with Crippen LogP contribution in [0.2, 0.25) is 5.02 Å². The van der Waals surface area contributed by atoms with Gasteiger partial charge in [0.25, 0.3) is 0 Å². The fourth-order valence-corrected chi connectivity index (χ4v) is 4.16. The summed E-state index contributed by atoms with van der Waals surface area (Å²) < 4.78 is 5.64. The zero-order valence-electron chi connectivity index (χ0n) is 16.2. The van der Waals surface area contributed by atoms with Crippen molar-refractivity contribution in [2.45, 2.75) is 44.7 Å². The molecule has 0 atom stereocenters. The molecule has 0 spiro atoms. The van der Waals surface area contributed by atoms with Crippen molar-refractivity contribution in [1.29, 1.82) is 0 Å². The molecule has 3 rings (SSSR count). The van der Waals surface area contributed by atoms with Crippen LogP contribution in [-0.4, -0.2) is 55.8 Å². The second-order valence-electron chi connectivity index (χ2n) is 7.21. The van der Waals surface area contributed by atoms with E-state index in [1.54, 1.807) is 0 Å². The fraction of sp³-hybridized carbons (Fsp3) is 0.650. The first-order valence-corrected chi connectivity index (χ1v) is 10.2. The van der Waals surface area contributed by atoms with Crippen LogP contribution in [0.3, 0.4) is 0 Å². The number of nitrogens with zero attached hydrogens (tertiary/aromatic N) is 2. The summed E-state index contributed by atoms with van der Waals surface area (Å²) in [5, 5.41) is 7.73. The van der Waals surface area contributed by atoms with Crippen LogP contribution in [0, 0.1) is 0 Å². The summed E-state index contributed by atoms with van der Waals surface area (Å²) in [6, 6.07) is 7.89. The van der Waals surface area contributed by atoms with Gasteiger partial charge in [-0.05, 0) is 63.4 Å². The molecule has 2 fully saturated rings. The van der Waals surface area contributed by atoms with Crippen molar-refractivity contribution in [3.63, 3.8) is 0 Å². The molecule has 0 aliphatic carbocycles. The van der Waals surface area contributed by atoms with Gasteiger partial charge in [-0.1, -0.05) is 23.7 Å². The quantitative estimate of drug-likeness (QED) is 0.351. The molecule has 1 aromatic carbocycles. The van der Waals surface area contributed by atoms with E-state index in [0.29, 0.717) is 6.54 Å². The van der Waals surface area contributed by atoms with Gasteiger partial charge in [0.1, 0.15) is 0 Å². The lowest BCUT2D eigenvalue weighted by atomic mass is 9.88. The Morgan fingerprint density at radius 3 is 2.63 bits per heavy atom. The van der Waals surface area contributed by atoms with Gasteiger partial charge in [0.2, 0.25) is 0 Å². The first-order valence-electron chi connectivity index (χ1n) is 9.81. The van der Waals surface area contributed by atoms with E-state index in [9.17, 15) is 0 Å². The Morgan fingerprint density at radius 2 is 1.96 bits per heavy atom. The summed E-state index contributed by atoms with van der Waals surface area (Å²) in [4.78, 5) is 7.42. The number of guanidine groups is 1. The summed E-state index contributed by atoms with van der Waals surface area (Å²) in [5.74, 6) is 0.873. The summed E-state index contributed by atoms with van der Waals surface area (Å²) in [5.41, 5.74) is 1.32. The lowest BCUT2D eigenvalue weighted by Gasteiger charge is -2.45. The van der Waals surface area contributed by atoms with Crippen molar-refractivity contribution in [2.75, 3.05) is 39.4 Å². The van der Waals surface area contributed by atoms with Crippen molar-refractivity contribution in [3.8, 4) is 0 Å². The molecule has 5 nitrogen and oxygen atoms in total. The first-order chi connectivity index (χ1) is 12.7. The van der Waals surface area contributed by atoms with Gasteiger partial charge in [-0.2, -0.15) is 0 Å². The van der Waals surface area contributed by atoms with Crippen LogP contribution in [0.5, 0.6) is 0 Å². The third-order valence-corrected chi connectivity index (χ3v) is 5.67.